The molecule has 1 atom stereocenters. The van der Waals surface area contributed by atoms with Gasteiger partial charge >= 0.3 is 0 Å². The minimum absolute atomic E-state index is 0.421. The van der Waals surface area contributed by atoms with Crippen molar-refractivity contribution in [3.63, 3.8) is 0 Å². The molecule has 1 fully saturated rings. The maximum absolute atomic E-state index is 3.72. The molecular weight excluding hydrogens is 234 g/mol. The number of nitrogens with one attached hydrogen (secondary N) is 1. The van der Waals surface area contributed by atoms with Gasteiger partial charge in [-0.15, -0.1) is 0 Å². The highest BCUT2D eigenvalue weighted by molar-refractivity contribution is 4.86. The van der Waals surface area contributed by atoms with Crippen LogP contribution in [0.5, 0.6) is 0 Å². The molecule has 1 rings (SSSR count). The van der Waals surface area contributed by atoms with Crippen LogP contribution < -0.4 is 5.32 Å². The second kappa shape index (κ2) is 8.23. The predicted molar refractivity (Wildman–Crippen MR) is 84.7 cm³/mol. The lowest BCUT2D eigenvalue weighted by atomic mass is 9.86. The third-order valence-corrected chi connectivity index (χ3v) is 4.26. The second-order valence-corrected chi connectivity index (χ2v) is 6.90. The number of hydrogen-bond acceptors (Lipinski definition) is 3. The highest BCUT2D eigenvalue weighted by atomic mass is 15.2. The summed E-state index contributed by atoms with van der Waals surface area (Å²) in [5, 5.41) is 3.72. The quantitative estimate of drug-likeness (QED) is 0.621. The number of nitrogens with zero attached hydrogens (tertiary/aromatic N) is 2. The first-order valence-electron chi connectivity index (χ1n) is 8.09. The van der Waals surface area contributed by atoms with Gasteiger partial charge in [0.05, 0.1) is 0 Å². The summed E-state index contributed by atoms with van der Waals surface area (Å²) in [5.74, 6) is 0. The molecule has 114 valence electrons. The number of rotatable bonds is 11. The van der Waals surface area contributed by atoms with Crippen molar-refractivity contribution in [2.45, 2.75) is 52.5 Å². The van der Waals surface area contributed by atoms with Crippen LogP contribution >= 0.6 is 0 Å². The third kappa shape index (κ3) is 7.28. The van der Waals surface area contributed by atoms with Crippen molar-refractivity contribution in [1.82, 2.24) is 15.1 Å². The zero-order chi connectivity index (χ0) is 14.3. The highest BCUT2D eigenvalue weighted by Crippen LogP contribution is 2.25. The average molecular weight is 269 g/mol. The molecule has 3 nitrogen and oxygen atoms in total. The van der Waals surface area contributed by atoms with Gasteiger partial charge in [-0.25, -0.2) is 0 Å². The molecule has 1 unspecified atom stereocenters. The first-order chi connectivity index (χ1) is 8.99. The fraction of sp³-hybridized carbons (Fsp3) is 1.00. The fourth-order valence-electron chi connectivity index (χ4n) is 2.44. The van der Waals surface area contributed by atoms with Gasteiger partial charge in [-0.2, -0.15) is 0 Å². The Labute approximate surface area is 120 Å². The van der Waals surface area contributed by atoms with Crippen LogP contribution in [0.3, 0.4) is 0 Å². The van der Waals surface area contributed by atoms with Gasteiger partial charge in [0.25, 0.3) is 0 Å². The third-order valence-electron chi connectivity index (χ3n) is 4.26. The normalized spacial score (nSPS) is 19.1. The van der Waals surface area contributed by atoms with Crippen LogP contribution in [0.1, 0.15) is 46.5 Å². The smallest absolute Gasteiger partial charge is 0.0109 e. The number of hydrogen-bond donors (Lipinski definition) is 1. The van der Waals surface area contributed by atoms with Crippen molar-refractivity contribution in [3.8, 4) is 0 Å². The van der Waals surface area contributed by atoms with E-state index < -0.39 is 0 Å². The van der Waals surface area contributed by atoms with Crippen LogP contribution in [-0.4, -0.2) is 62.7 Å². The Hall–Kier alpha value is -0.120. The van der Waals surface area contributed by atoms with Gasteiger partial charge in [0.1, 0.15) is 0 Å². The molecule has 1 aliphatic carbocycles. The average Bonchev–Trinajstić information content (AvgIpc) is 3.18. The van der Waals surface area contributed by atoms with Crippen molar-refractivity contribution in [3.05, 3.63) is 0 Å². The first-order valence-corrected chi connectivity index (χ1v) is 8.09. The Morgan fingerprint density at radius 2 is 1.79 bits per heavy atom. The van der Waals surface area contributed by atoms with Crippen LogP contribution in [0, 0.1) is 5.41 Å². The summed E-state index contributed by atoms with van der Waals surface area (Å²) in [6, 6.07) is 0.826. The lowest BCUT2D eigenvalue weighted by Gasteiger charge is -2.35. The van der Waals surface area contributed by atoms with Gasteiger partial charge in [-0.3, -0.25) is 0 Å². The summed E-state index contributed by atoms with van der Waals surface area (Å²) in [5.41, 5.74) is 0.421. The van der Waals surface area contributed by atoms with E-state index in [1.165, 1.54) is 51.9 Å². The highest BCUT2D eigenvalue weighted by Gasteiger charge is 2.28. The summed E-state index contributed by atoms with van der Waals surface area (Å²) in [7, 11) is 4.33. The van der Waals surface area contributed by atoms with E-state index in [0.29, 0.717) is 5.41 Å². The van der Waals surface area contributed by atoms with E-state index >= 15 is 0 Å². The minimum Gasteiger partial charge on any atom is -0.313 e. The maximum atomic E-state index is 3.72. The topological polar surface area (TPSA) is 18.5 Å². The van der Waals surface area contributed by atoms with Gasteiger partial charge in [0.2, 0.25) is 0 Å². The molecule has 1 aliphatic rings. The Morgan fingerprint density at radius 1 is 1.11 bits per heavy atom. The van der Waals surface area contributed by atoms with E-state index in [2.05, 4.69) is 50.0 Å². The van der Waals surface area contributed by atoms with Crippen molar-refractivity contribution in [2.24, 2.45) is 5.41 Å². The molecule has 0 aromatic rings. The molecule has 0 aliphatic heterocycles. The second-order valence-electron chi connectivity index (χ2n) is 6.90. The van der Waals surface area contributed by atoms with E-state index in [1.54, 1.807) is 0 Å². The van der Waals surface area contributed by atoms with Gasteiger partial charge in [-0.1, -0.05) is 20.8 Å². The molecule has 0 aromatic carbocycles. The largest absolute Gasteiger partial charge is 0.313 e. The molecule has 0 radical (unpaired) electrons. The lowest BCUT2D eigenvalue weighted by molar-refractivity contribution is 0.145. The SMILES string of the molecule is CCCN(CCN(C)C)CC(C)(CC)CNC1CC1. The van der Waals surface area contributed by atoms with Crippen LogP contribution in [-0.2, 0) is 0 Å². The van der Waals surface area contributed by atoms with E-state index in [9.17, 15) is 0 Å². The van der Waals surface area contributed by atoms with E-state index in [0.717, 1.165) is 12.6 Å². The minimum atomic E-state index is 0.421. The Balaban J connectivity index is 2.41. The van der Waals surface area contributed by atoms with Crippen molar-refractivity contribution in [1.29, 1.82) is 0 Å². The molecular formula is C16H35N3. The van der Waals surface area contributed by atoms with E-state index in [1.807, 2.05) is 0 Å². The molecule has 1 saturated carbocycles. The summed E-state index contributed by atoms with van der Waals surface area (Å²) in [6.07, 6.45) is 5.29. The molecule has 0 heterocycles. The van der Waals surface area contributed by atoms with Crippen LogP contribution in [0.25, 0.3) is 0 Å². The Morgan fingerprint density at radius 3 is 2.26 bits per heavy atom. The standard InChI is InChI=1S/C16H35N3/c1-6-10-19(12-11-18(4)5)14-16(3,7-2)13-17-15-8-9-15/h15,17H,6-14H2,1-5H3. The molecule has 0 bridgehead atoms. The summed E-state index contributed by atoms with van der Waals surface area (Å²) in [6.45, 7) is 13.1. The molecule has 19 heavy (non-hydrogen) atoms. The molecule has 0 amide bonds. The monoisotopic (exact) mass is 269 g/mol. The molecule has 1 N–H and O–H groups in total. The predicted octanol–water partition coefficient (Wildman–Crippen LogP) is 2.43. The zero-order valence-electron chi connectivity index (χ0n) is 13.8. The van der Waals surface area contributed by atoms with E-state index in [4.69, 9.17) is 0 Å². The molecule has 0 aromatic heterocycles. The van der Waals surface area contributed by atoms with Crippen molar-refractivity contribution in [2.75, 3.05) is 46.8 Å². The first kappa shape index (κ1) is 16.9. The van der Waals surface area contributed by atoms with Gasteiger partial charge in [0, 0.05) is 32.2 Å². The van der Waals surface area contributed by atoms with Crippen LogP contribution in [0.2, 0.25) is 0 Å². The van der Waals surface area contributed by atoms with Crippen molar-refractivity contribution >= 4 is 0 Å². The zero-order valence-corrected chi connectivity index (χ0v) is 13.8. The van der Waals surface area contributed by atoms with Crippen molar-refractivity contribution < 1.29 is 0 Å². The summed E-state index contributed by atoms with van der Waals surface area (Å²) >= 11 is 0. The summed E-state index contributed by atoms with van der Waals surface area (Å²) in [4.78, 5) is 4.94. The maximum Gasteiger partial charge on any atom is 0.0109 e. The van der Waals surface area contributed by atoms with Gasteiger partial charge < -0.3 is 15.1 Å². The Kier molecular flexibility index (Phi) is 7.33. The lowest BCUT2D eigenvalue weighted by Crippen LogP contribution is -2.44. The number of likely N-dealkylation sites (N-methyl/N-ethyl adjacent to an activating group) is 1. The van der Waals surface area contributed by atoms with Gasteiger partial charge in [0.15, 0.2) is 0 Å². The van der Waals surface area contributed by atoms with Crippen LogP contribution in [0.15, 0.2) is 0 Å². The van der Waals surface area contributed by atoms with E-state index in [-0.39, 0.29) is 0 Å². The molecule has 3 heteroatoms. The van der Waals surface area contributed by atoms with Gasteiger partial charge in [-0.05, 0) is 51.7 Å². The Bertz CT molecular complexity index is 238. The molecule has 0 spiro atoms. The summed E-state index contributed by atoms with van der Waals surface area (Å²) < 4.78 is 0. The fourth-order valence-corrected chi connectivity index (χ4v) is 2.44. The molecule has 0 saturated heterocycles. The van der Waals surface area contributed by atoms with Crippen LogP contribution in [0.4, 0.5) is 0 Å².